The Kier molecular flexibility index (Phi) is 3.88. The van der Waals surface area contributed by atoms with Gasteiger partial charge in [-0.3, -0.25) is 0 Å². The number of hydrogen-bond acceptors (Lipinski definition) is 2. The van der Waals surface area contributed by atoms with Crippen LogP contribution in [0.25, 0.3) is 5.69 Å². The number of nitrogens with one attached hydrogen (secondary N) is 1. The monoisotopic (exact) mass is 269 g/mol. The summed E-state index contributed by atoms with van der Waals surface area (Å²) in [6.07, 6.45) is 4.53. The van der Waals surface area contributed by atoms with Gasteiger partial charge in [-0.1, -0.05) is 32.0 Å². The standard InChI is InChI=1S/C17H23N3/c1-13(2)18-12-14-8-9-16(14)17-10-11-19-20(17)15-6-4-3-5-7-15/h3-7,10-11,13-14,16,18H,8-9,12H2,1-2H3. The van der Waals surface area contributed by atoms with Crippen LogP contribution in [-0.4, -0.2) is 22.4 Å². The zero-order valence-corrected chi connectivity index (χ0v) is 12.3. The van der Waals surface area contributed by atoms with Gasteiger partial charge in [-0.2, -0.15) is 5.10 Å². The molecule has 1 aromatic heterocycles. The van der Waals surface area contributed by atoms with Gasteiger partial charge in [0, 0.05) is 23.9 Å². The lowest BCUT2D eigenvalue weighted by Crippen LogP contribution is -2.37. The minimum atomic E-state index is 0.565. The first kappa shape index (κ1) is 13.4. The molecule has 1 fully saturated rings. The Balaban J connectivity index is 1.77. The van der Waals surface area contributed by atoms with Crippen molar-refractivity contribution in [3.05, 3.63) is 48.3 Å². The van der Waals surface area contributed by atoms with Crippen molar-refractivity contribution in [2.24, 2.45) is 5.92 Å². The van der Waals surface area contributed by atoms with Crippen LogP contribution in [0.5, 0.6) is 0 Å². The highest BCUT2D eigenvalue weighted by Crippen LogP contribution is 2.42. The highest BCUT2D eigenvalue weighted by molar-refractivity contribution is 5.34. The van der Waals surface area contributed by atoms with Crippen molar-refractivity contribution in [3.8, 4) is 5.69 Å². The van der Waals surface area contributed by atoms with E-state index in [0.717, 1.165) is 18.2 Å². The molecular weight excluding hydrogens is 246 g/mol. The van der Waals surface area contributed by atoms with E-state index in [-0.39, 0.29) is 0 Å². The average Bonchev–Trinajstić information content (AvgIpc) is 2.87. The molecule has 0 bridgehead atoms. The largest absolute Gasteiger partial charge is 0.314 e. The van der Waals surface area contributed by atoms with Crippen molar-refractivity contribution >= 4 is 0 Å². The summed E-state index contributed by atoms with van der Waals surface area (Å²) in [7, 11) is 0. The van der Waals surface area contributed by atoms with E-state index in [9.17, 15) is 0 Å². The predicted octanol–water partition coefficient (Wildman–Crippen LogP) is 3.36. The molecule has 2 unspecified atom stereocenters. The summed E-state index contributed by atoms with van der Waals surface area (Å²) < 4.78 is 2.10. The highest BCUT2D eigenvalue weighted by atomic mass is 15.3. The molecule has 2 atom stereocenters. The van der Waals surface area contributed by atoms with Gasteiger partial charge in [-0.05, 0) is 43.5 Å². The Labute approximate surface area is 121 Å². The molecule has 0 spiro atoms. The molecule has 1 saturated carbocycles. The second-order valence-corrected chi connectivity index (χ2v) is 6.01. The molecule has 1 aliphatic carbocycles. The van der Waals surface area contributed by atoms with Crippen LogP contribution in [0, 0.1) is 5.92 Å². The van der Waals surface area contributed by atoms with E-state index in [0.29, 0.717) is 12.0 Å². The van der Waals surface area contributed by atoms with Crippen molar-refractivity contribution in [1.82, 2.24) is 15.1 Å². The summed E-state index contributed by atoms with van der Waals surface area (Å²) in [6.45, 7) is 5.53. The molecule has 1 aliphatic rings. The fraction of sp³-hybridized carbons (Fsp3) is 0.471. The minimum Gasteiger partial charge on any atom is -0.314 e. The van der Waals surface area contributed by atoms with E-state index in [1.807, 2.05) is 12.3 Å². The Morgan fingerprint density at radius 1 is 1.20 bits per heavy atom. The Morgan fingerprint density at radius 3 is 2.65 bits per heavy atom. The third-order valence-corrected chi connectivity index (χ3v) is 4.26. The molecule has 106 valence electrons. The highest BCUT2D eigenvalue weighted by Gasteiger charge is 2.34. The molecule has 0 saturated heterocycles. The first-order chi connectivity index (χ1) is 9.75. The number of aromatic nitrogens is 2. The maximum absolute atomic E-state index is 4.52. The van der Waals surface area contributed by atoms with E-state index in [1.165, 1.54) is 18.5 Å². The molecule has 1 heterocycles. The van der Waals surface area contributed by atoms with Crippen molar-refractivity contribution in [2.75, 3.05) is 6.54 Å². The number of rotatable bonds is 5. The van der Waals surface area contributed by atoms with E-state index in [1.54, 1.807) is 0 Å². The second-order valence-electron chi connectivity index (χ2n) is 6.01. The van der Waals surface area contributed by atoms with Crippen LogP contribution >= 0.6 is 0 Å². The Hall–Kier alpha value is -1.61. The molecule has 1 N–H and O–H groups in total. The zero-order valence-electron chi connectivity index (χ0n) is 12.3. The molecule has 0 aliphatic heterocycles. The number of nitrogens with zero attached hydrogens (tertiary/aromatic N) is 2. The van der Waals surface area contributed by atoms with E-state index < -0.39 is 0 Å². The molecule has 20 heavy (non-hydrogen) atoms. The number of benzene rings is 1. The Bertz CT molecular complexity index is 544. The van der Waals surface area contributed by atoms with Gasteiger partial charge in [0.05, 0.1) is 5.69 Å². The van der Waals surface area contributed by atoms with Crippen LogP contribution in [0.4, 0.5) is 0 Å². The van der Waals surface area contributed by atoms with Crippen LogP contribution in [-0.2, 0) is 0 Å². The lowest BCUT2D eigenvalue weighted by molar-refractivity contribution is 0.233. The SMILES string of the molecule is CC(C)NCC1CCC1c1ccnn1-c1ccccc1. The molecule has 0 amide bonds. The molecule has 1 aromatic carbocycles. The van der Waals surface area contributed by atoms with Gasteiger partial charge in [-0.15, -0.1) is 0 Å². The minimum absolute atomic E-state index is 0.565. The van der Waals surface area contributed by atoms with Crippen LogP contribution in [0.15, 0.2) is 42.6 Å². The van der Waals surface area contributed by atoms with Crippen molar-refractivity contribution < 1.29 is 0 Å². The quantitative estimate of drug-likeness (QED) is 0.902. The first-order valence-electron chi connectivity index (χ1n) is 7.58. The summed E-state index contributed by atoms with van der Waals surface area (Å²) in [5.74, 6) is 1.39. The van der Waals surface area contributed by atoms with E-state index in [2.05, 4.69) is 59.3 Å². The van der Waals surface area contributed by atoms with Crippen molar-refractivity contribution in [3.63, 3.8) is 0 Å². The first-order valence-corrected chi connectivity index (χ1v) is 7.58. The lowest BCUT2D eigenvalue weighted by Gasteiger charge is -2.37. The predicted molar refractivity (Wildman–Crippen MR) is 82.2 cm³/mol. The van der Waals surface area contributed by atoms with Crippen molar-refractivity contribution in [1.29, 1.82) is 0 Å². The normalized spacial score (nSPS) is 21.9. The molecule has 2 aromatic rings. The van der Waals surface area contributed by atoms with Gasteiger partial charge < -0.3 is 5.32 Å². The Morgan fingerprint density at radius 2 is 2.00 bits per heavy atom. The third-order valence-electron chi connectivity index (χ3n) is 4.26. The summed E-state index contributed by atoms with van der Waals surface area (Å²) in [5.41, 5.74) is 2.52. The topological polar surface area (TPSA) is 29.9 Å². The fourth-order valence-corrected chi connectivity index (χ4v) is 2.97. The zero-order chi connectivity index (χ0) is 13.9. The van der Waals surface area contributed by atoms with E-state index >= 15 is 0 Å². The lowest BCUT2D eigenvalue weighted by atomic mass is 9.71. The fourth-order valence-electron chi connectivity index (χ4n) is 2.97. The maximum atomic E-state index is 4.52. The van der Waals surface area contributed by atoms with Gasteiger partial charge in [0.25, 0.3) is 0 Å². The van der Waals surface area contributed by atoms with Crippen LogP contribution in [0.2, 0.25) is 0 Å². The van der Waals surface area contributed by atoms with Gasteiger partial charge in [-0.25, -0.2) is 4.68 Å². The van der Waals surface area contributed by atoms with Crippen molar-refractivity contribution in [2.45, 2.75) is 38.6 Å². The molecule has 3 rings (SSSR count). The van der Waals surface area contributed by atoms with Gasteiger partial charge in [0.2, 0.25) is 0 Å². The molecule has 0 radical (unpaired) electrons. The van der Waals surface area contributed by atoms with Crippen LogP contribution in [0.1, 0.15) is 38.3 Å². The maximum Gasteiger partial charge on any atom is 0.0648 e. The smallest absolute Gasteiger partial charge is 0.0648 e. The summed E-state index contributed by atoms with van der Waals surface area (Å²) in [5, 5.41) is 8.08. The average molecular weight is 269 g/mol. The number of para-hydroxylation sites is 1. The molecular formula is C17H23N3. The van der Waals surface area contributed by atoms with Gasteiger partial charge in [0.15, 0.2) is 0 Å². The number of hydrogen-bond donors (Lipinski definition) is 1. The third kappa shape index (κ3) is 2.63. The van der Waals surface area contributed by atoms with E-state index in [4.69, 9.17) is 0 Å². The summed E-state index contributed by atoms with van der Waals surface area (Å²) >= 11 is 0. The summed E-state index contributed by atoms with van der Waals surface area (Å²) in [6, 6.07) is 13.2. The van der Waals surface area contributed by atoms with Crippen LogP contribution in [0.3, 0.4) is 0 Å². The molecule has 3 heteroatoms. The van der Waals surface area contributed by atoms with Gasteiger partial charge in [0.1, 0.15) is 0 Å². The second kappa shape index (κ2) is 5.80. The van der Waals surface area contributed by atoms with Crippen LogP contribution < -0.4 is 5.32 Å². The molecule has 3 nitrogen and oxygen atoms in total. The van der Waals surface area contributed by atoms with Gasteiger partial charge >= 0.3 is 0 Å². The summed E-state index contributed by atoms with van der Waals surface area (Å²) in [4.78, 5) is 0.